The van der Waals surface area contributed by atoms with E-state index in [-0.39, 0.29) is 16.6 Å². The summed E-state index contributed by atoms with van der Waals surface area (Å²) in [6, 6.07) is 2.95. The minimum Gasteiger partial charge on any atom is -0.503 e. The first-order chi connectivity index (χ1) is 11.5. The number of hydrogen-bond acceptors (Lipinski definition) is 4. The Hall–Kier alpha value is -1.79. The number of phenolic OH excluding ortho intramolecular Hbond substituents is 1. The molecule has 7 heteroatoms. The number of halogens is 1. The SMILES string of the molecule is CCN1C(=S)NC(c2ccc(OC)c(O)c2Cl)C2=C1CCCC2=O. The molecule has 1 aromatic rings. The number of methoxy groups -OCH3 is 1. The summed E-state index contributed by atoms with van der Waals surface area (Å²) in [5, 5.41) is 14.2. The molecular weight excluding hydrogens is 348 g/mol. The number of thiocarbonyl (C=S) groups is 1. The summed E-state index contributed by atoms with van der Waals surface area (Å²) >= 11 is 11.8. The highest BCUT2D eigenvalue weighted by atomic mass is 35.5. The van der Waals surface area contributed by atoms with Crippen molar-refractivity contribution in [1.82, 2.24) is 10.2 Å². The minimum atomic E-state index is -0.451. The number of carbonyl (C=O) groups excluding carboxylic acids is 1. The lowest BCUT2D eigenvalue weighted by molar-refractivity contribution is -0.116. The van der Waals surface area contributed by atoms with Gasteiger partial charge in [-0.25, -0.2) is 0 Å². The van der Waals surface area contributed by atoms with Crippen LogP contribution in [0.2, 0.25) is 5.02 Å². The van der Waals surface area contributed by atoms with Crippen LogP contribution in [0.5, 0.6) is 11.5 Å². The van der Waals surface area contributed by atoms with Crippen LogP contribution in [0.25, 0.3) is 0 Å². The van der Waals surface area contributed by atoms with Crippen molar-refractivity contribution in [3.63, 3.8) is 0 Å². The van der Waals surface area contributed by atoms with Crippen molar-refractivity contribution in [2.75, 3.05) is 13.7 Å². The Labute approximate surface area is 151 Å². The second kappa shape index (κ2) is 6.61. The summed E-state index contributed by atoms with van der Waals surface area (Å²) in [6.07, 6.45) is 2.15. The third kappa shape index (κ3) is 2.63. The summed E-state index contributed by atoms with van der Waals surface area (Å²) in [6.45, 7) is 2.70. The number of allylic oxidation sites excluding steroid dienone is 1. The molecule has 0 amide bonds. The summed E-state index contributed by atoms with van der Waals surface area (Å²) in [7, 11) is 1.46. The van der Waals surface area contributed by atoms with Gasteiger partial charge in [0.05, 0.1) is 18.2 Å². The van der Waals surface area contributed by atoms with Gasteiger partial charge in [-0.1, -0.05) is 17.7 Å². The Morgan fingerprint density at radius 3 is 2.88 bits per heavy atom. The van der Waals surface area contributed by atoms with E-state index in [0.29, 0.717) is 35.0 Å². The minimum absolute atomic E-state index is 0.0982. The zero-order chi connectivity index (χ0) is 17.4. The van der Waals surface area contributed by atoms with Crippen LogP contribution < -0.4 is 10.1 Å². The normalized spacial score (nSPS) is 20.8. The first-order valence-electron chi connectivity index (χ1n) is 7.89. The Morgan fingerprint density at radius 2 is 2.21 bits per heavy atom. The van der Waals surface area contributed by atoms with Crippen molar-refractivity contribution in [3.8, 4) is 11.5 Å². The van der Waals surface area contributed by atoms with Crippen molar-refractivity contribution in [1.29, 1.82) is 0 Å². The lowest BCUT2D eigenvalue weighted by Gasteiger charge is -2.40. The molecule has 0 aromatic heterocycles. The van der Waals surface area contributed by atoms with Gasteiger partial charge in [0.2, 0.25) is 0 Å². The van der Waals surface area contributed by atoms with Gasteiger partial charge in [-0.2, -0.15) is 0 Å². The quantitative estimate of drug-likeness (QED) is 0.800. The molecule has 0 bridgehead atoms. The van der Waals surface area contributed by atoms with Gasteiger partial charge in [0.1, 0.15) is 0 Å². The highest BCUT2D eigenvalue weighted by Crippen LogP contribution is 2.44. The average Bonchev–Trinajstić information content (AvgIpc) is 2.57. The molecule has 1 atom stereocenters. The number of Topliss-reactive ketones (excluding diaryl/α,β-unsaturated/α-hetero) is 1. The van der Waals surface area contributed by atoms with E-state index in [9.17, 15) is 9.90 Å². The van der Waals surface area contributed by atoms with Crippen molar-refractivity contribution in [2.24, 2.45) is 0 Å². The van der Waals surface area contributed by atoms with Gasteiger partial charge in [-0.3, -0.25) is 4.79 Å². The van der Waals surface area contributed by atoms with Crippen LogP contribution in [-0.4, -0.2) is 34.6 Å². The molecule has 1 heterocycles. The number of ketones is 1. The number of rotatable bonds is 3. The van der Waals surface area contributed by atoms with Crippen LogP contribution in [0.1, 0.15) is 37.8 Å². The van der Waals surface area contributed by atoms with Crippen LogP contribution in [0, 0.1) is 0 Å². The maximum absolute atomic E-state index is 12.6. The monoisotopic (exact) mass is 366 g/mol. The van der Waals surface area contributed by atoms with E-state index in [2.05, 4.69) is 5.32 Å². The Morgan fingerprint density at radius 1 is 1.46 bits per heavy atom. The molecule has 1 unspecified atom stereocenters. The van der Waals surface area contributed by atoms with E-state index in [0.717, 1.165) is 18.5 Å². The topological polar surface area (TPSA) is 61.8 Å². The molecular formula is C17H19ClN2O3S. The zero-order valence-electron chi connectivity index (χ0n) is 13.6. The van der Waals surface area contributed by atoms with Crippen LogP contribution in [0.15, 0.2) is 23.4 Å². The van der Waals surface area contributed by atoms with Gasteiger partial charge in [-0.05, 0) is 38.0 Å². The number of carbonyl (C=O) groups is 1. The maximum Gasteiger partial charge on any atom is 0.177 e. The fraction of sp³-hybridized carbons (Fsp3) is 0.412. The molecule has 5 nitrogen and oxygen atoms in total. The third-order valence-electron chi connectivity index (χ3n) is 4.51. The molecule has 2 aliphatic rings. The Bertz CT molecular complexity index is 748. The second-order valence-corrected chi connectivity index (χ2v) is 6.55. The molecule has 24 heavy (non-hydrogen) atoms. The number of nitrogens with zero attached hydrogens (tertiary/aromatic N) is 1. The number of phenols is 1. The third-order valence-corrected chi connectivity index (χ3v) is 5.25. The van der Waals surface area contributed by atoms with Crippen LogP contribution in [0.4, 0.5) is 0 Å². The van der Waals surface area contributed by atoms with Gasteiger partial charge in [0.25, 0.3) is 0 Å². The molecule has 128 valence electrons. The fourth-order valence-electron chi connectivity index (χ4n) is 3.37. The number of benzene rings is 1. The molecule has 1 aromatic carbocycles. The fourth-order valence-corrected chi connectivity index (χ4v) is 3.99. The van der Waals surface area contributed by atoms with Crippen molar-refractivity contribution < 1.29 is 14.6 Å². The molecule has 2 N–H and O–H groups in total. The standard InChI is InChI=1S/C17H19ClN2O3S/c1-3-20-10-5-4-6-11(21)13(10)15(19-17(20)24)9-7-8-12(23-2)16(22)14(9)18/h7-8,15,22H,3-6H2,1-2H3,(H,19,24). The van der Waals surface area contributed by atoms with Crippen LogP contribution in [-0.2, 0) is 4.79 Å². The van der Waals surface area contributed by atoms with E-state index >= 15 is 0 Å². The van der Waals surface area contributed by atoms with Crippen molar-refractivity contribution >= 4 is 34.7 Å². The summed E-state index contributed by atoms with van der Waals surface area (Å²) < 4.78 is 5.08. The van der Waals surface area contributed by atoms with Crippen molar-refractivity contribution in [3.05, 3.63) is 34.0 Å². The molecule has 0 spiro atoms. The second-order valence-electron chi connectivity index (χ2n) is 5.78. The van der Waals surface area contributed by atoms with Crippen molar-refractivity contribution in [2.45, 2.75) is 32.2 Å². The average molecular weight is 367 g/mol. The van der Waals surface area contributed by atoms with Crippen LogP contribution >= 0.6 is 23.8 Å². The predicted molar refractivity (Wildman–Crippen MR) is 96.4 cm³/mol. The zero-order valence-corrected chi connectivity index (χ0v) is 15.1. The molecule has 1 aliphatic heterocycles. The van der Waals surface area contributed by atoms with Gasteiger partial charge >= 0.3 is 0 Å². The number of nitrogens with one attached hydrogen (secondary N) is 1. The first-order valence-corrected chi connectivity index (χ1v) is 8.67. The van der Waals surface area contributed by atoms with E-state index in [1.54, 1.807) is 12.1 Å². The Kier molecular flexibility index (Phi) is 4.69. The smallest absolute Gasteiger partial charge is 0.177 e. The predicted octanol–water partition coefficient (Wildman–Crippen LogP) is 3.31. The van der Waals surface area contributed by atoms with Gasteiger partial charge in [0, 0.05) is 29.8 Å². The van der Waals surface area contributed by atoms with Gasteiger partial charge in [0.15, 0.2) is 22.4 Å². The molecule has 1 aliphatic carbocycles. The maximum atomic E-state index is 12.6. The first kappa shape index (κ1) is 17.0. The van der Waals surface area contributed by atoms with E-state index in [4.69, 9.17) is 28.6 Å². The van der Waals surface area contributed by atoms with Crippen LogP contribution in [0.3, 0.4) is 0 Å². The molecule has 0 saturated heterocycles. The summed E-state index contributed by atoms with van der Waals surface area (Å²) in [5.41, 5.74) is 2.29. The summed E-state index contributed by atoms with van der Waals surface area (Å²) in [5.74, 6) is 0.260. The molecule has 0 fully saturated rings. The van der Waals surface area contributed by atoms with E-state index < -0.39 is 6.04 Å². The number of ether oxygens (including phenoxy) is 1. The lowest BCUT2D eigenvalue weighted by Crippen LogP contribution is -2.49. The summed E-state index contributed by atoms with van der Waals surface area (Å²) in [4.78, 5) is 14.6. The number of hydrogen-bond donors (Lipinski definition) is 2. The number of aromatic hydroxyl groups is 1. The lowest BCUT2D eigenvalue weighted by atomic mass is 9.84. The van der Waals surface area contributed by atoms with E-state index in [1.807, 2.05) is 11.8 Å². The van der Waals surface area contributed by atoms with E-state index in [1.165, 1.54) is 7.11 Å². The Balaban J connectivity index is 2.15. The molecule has 3 rings (SSSR count). The largest absolute Gasteiger partial charge is 0.503 e. The highest BCUT2D eigenvalue weighted by molar-refractivity contribution is 7.80. The highest BCUT2D eigenvalue weighted by Gasteiger charge is 2.37. The molecule has 0 radical (unpaired) electrons. The molecule has 0 saturated carbocycles. The van der Waals surface area contributed by atoms with Gasteiger partial charge < -0.3 is 20.1 Å². The van der Waals surface area contributed by atoms with Gasteiger partial charge in [-0.15, -0.1) is 0 Å².